The number of primary amides is 1. The molecule has 1 unspecified atom stereocenters. The highest BCUT2D eigenvalue weighted by molar-refractivity contribution is 8.00. The summed E-state index contributed by atoms with van der Waals surface area (Å²) in [7, 11) is 2.97. The van der Waals surface area contributed by atoms with Crippen LogP contribution in [0.15, 0.2) is 23.1 Å². The van der Waals surface area contributed by atoms with Crippen LogP contribution in [0.1, 0.15) is 29.4 Å². The van der Waals surface area contributed by atoms with Crippen LogP contribution in [0, 0.1) is 0 Å². The highest BCUT2D eigenvalue weighted by Gasteiger charge is 2.22. The summed E-state index contributed by atoms with van der Waals surface area (Å²) in [5.74, 6) is -0.00290. The molecule has 0 saturated heterocycles. The van der Waals surface area contributed by atoms with E-state index in [1.54, 1.807) is 7.11 Å². The number of methoxy groups -OCH3 is 2. The quantitative estimate of drug-likeness (QED) is 0.609. The normalized spacial score (nSPS) is 12.1. The fourth-order valence-corrected chi connectivity index (χ4v) is 4.65. The number of carbonyl (C=O) groups is 2. The summed E-state index contributed by atoms with van der Waals surface area (Å²) in [6, 6.07) is 5.66. The Morgan fingerprint density at radius 3 is 2.65 bits per heavy atom. The van der Waals surface area contributed by atoms with E-state index in [4.69, 9.17) is 15.2 Å². The smallest absolute Gasteiger partial charge is 0.306 e. The molecular formula is C16H19NO4S2. The lowest BCUT2D eigenvalue weighted by Crippen LogP contribution is -2.13. The first-order chi connectivity index (χ1) is 11.0. The summed E-state index contributed by atoms with van der Waals surface area (Å²) < 4.78 is 11.0. The van der Waals surface area contributed by atoms with Gasteiger partial charge >= 0.3 is 5.97 Å². The predicted molar refractivity (Wildman–Crippen MR) is 93.5 cm³/mol. The van der Waals surface area contributed by atoms with E-state index in [2.05, 4.69) is 0 Å². The number of rotatable bonds is 7. The van der Waals surface area contributed by atoms with Gasteiger partial charge < -0.3 is 15.2 Å². The third-order valence-electron chi connectivity index (χ3n) is 3.44. The molecule has 23 heavy (non-hydrogen) atoms. The maximum absolute atomic E-state index is 11.8. The standard InChI is InChI=1S/C16H19NO4S2/c1-4-10(8-13(18)21-3)22-14-11-7-9(20-2)5-6-12(11)23-15(14)16(17)19/h5-7,10H,4,8H2,1-3H3,(H2,17,19). The maximum atomic E-state index is 11.8. The minimum absolute atomic E-state index is 0.0181. The van der Waals surface area contributed by atoms with Crippen LogP contribution in [-0.4, -0.2) is 31.3 Å². The fourth-order valence-electron chi connectivity index (χ4n) is 2.17. The number of hydrogen-bond acceptors (Lipinski definition) is 6. The Bertz CT molecular complexity index is 726. The molecule has 0 spiro atoms. The molecule has 0 aliphatic rings. The van der Waals surface area contributed by atoms with Crippen molar-refractivity contribution in [2.24, 2.45) is 5.73 Å². The number of thiophene rings is 1. The van der Waals surface area contributed by atoms with Gasteiger partial charge in [-0.2, -0.15) is 0 Å². The molecule has 0 radical (unpaired) electrons. The molecule has 2 aromatic rings. The minimum atomic E-state index is -0.458. The molecule has 0 bridgehead atoms. The van der Waals surface area contributed by atoms with Crippen molar-refractivity contribution in [2.45, 2.75) is 29.9 Å². The molecule has 2 N–H and O–H groups in total. The lowest BCUT2D eigenvalue weighted by molar-refractivity contribution is -0.140. The van der Waals surface area contributed by atoms with Crippen LogP contribution >= 0.6 is 23.1 Å². The van der Waals surface area contributed by atoms with E-state index >= 15 is 0 Å². The molecule has 124 valence electrons. The van der Waals surface area contributed by atoms with Crippen LogP contribution in [0.2, 0.25) is 0 Å². The molecule has 1 aromatic carbocycles. The largest absolute Gasteiger partial charge is 0.497 e. The van der Waals surface area contributed by atoms with Gasteiger partial charge in [0.05, 0.1) is 20.6 Å². The van der Waals surface area contributed by atoms with Crippen LogP contribution in [0.4, 0.5) is 0 Å². The zero-order valence-corrected chi connectivity index (χ0v) is 14.9. The van der Waals surface area contributed by atoms with Gasteiger partial charge in [-0.25, -0.2) is 0 Å². The number of nitrogens with two attached hydrogens (primary N) is 1. The molecule has 1 amide bonds. The second kappa shape index (κ2) is 7.70. The van der Waals surface area contributed by atoms with Crippen molar-refractivity contribution in [3.63, 3.8) is 0 Å². The Hall–Kier alpha value is -1.73. The van der Waals surface area contributed by atoms with Crippen molar-refractivity contribution in [3.8, 4) is 5.75 Å². The zero-order chi connectivity index (χ0) is 17.0. The maximum Gasteiger partial charge on any atom is 0.306 e. The number of carbonyl (C=O) groups excluding carboxylic acids is 2. The molecule has 1 heterocycles. The Morgan fingerprint density at radius 2 is 2.09 bits per heavy atom. The van der Waals surface area contributed by atoms with Gasteiger partial charge in [0, 0.05) is 20.2 Å². The van der Waals surface area contributed by atoms with Gasteiger partial charge in [-0.1, -0.05) is 6.92 Å². The highest BCUT2D eigenvalue weighted by Crippen LogP contribution is 2.42. The highest BCUT2D eigenvalue weighted by atomic mass is 32.2. The van der Waals surface area contributed by atoms with Crippen molar-refractivity contribution in [3.05, 3.63) is 23.1 Å². The summed E-state index contributed by atoms with van der Waals surface area (Å²) in [6.45, 7) is 2.00. The van der Waals surface area contributed by atoms with E-state index in [0.717, 1.165) is 21.4 Å². The van der Waals surface area contributed by atoms with Crippen molar-refractivity contribution in [1.82, 2.24) is 0 Å². The van der Waals surface area contributed by atoms with E-state index in [0.29, 0.717) is 10.6 Å². The first kappa shape index (κ1) is 17.6. The molecular weight excluding hydrogens is 334 g/mol. The minimum Gasteiger partial charge on any atom is -0.497 e. The Labute approximate surface area is 143 Å². The van der Waals surface area contributed by atoms with Crippen LogP contribution in [0.3, 0.4) is 0 Å². The molecule has 5 nitrogen and oxygen atoms in total. The van der Waals surface area contributed by atoms with E-state index in [1.807, 2.05) is 25.1 Å². The van der Waals surface area contributed by atoms with Crippen LogP contribution in [0.25, 0.3) is 10.1 Å². The SMILES string of the molecule is CCC(CC(=O)OC)Sc1c(C(N)=O)sc2ccc(OC)cc12. The number of amides is 1. The van der Waals surface area contributed by atoms with Gasteiger partial charge in [-0.15, -0.1) is 23.1 Å². The molecule has 0 aliphatic heterocycles. The molecule has 0 aliphatic carbocycles. The van der Waals surface area contributed by atoms with Crippen molar-refractivity contribution in [1.29, 1.82) is 0 Å². The number of benzene rings is 1. The van der Waals surface area contributed by atoms with Gasteiger partial charge in [-0.05, 0) is 24.6 Å². The lowest BCUT2D eigenvalue weighted by atomic mass is 10.2. The molecule has 1 atom stereocenters. The van der Waals surface area contributed by atoms with Gasteiger partial charge in [0.1, 0.15) is 10.6 Å². The second-order valence-corrected chi connectivity index (χ2v) is 7.28. The Morgan fingerprint density at radius 1 is 1.35 bits per heavy atom. The van der Waals surface area contributed by atoms with Gasteiger partial charge in [0.2, 0.25) is 0 Å². The fraction of sp³-hybridized carbons (Fsp3) is 0.375. The van der Waals surface area contributed by atoms with Gasteiger partial charge in [0.15, 0.2) is 0 Å². The summed E-state index contributed by atoms with van der Waals surface area (Å²) in [4.78, 5) is 24.7. The third-order valence-corrected chi connectivity index (χ3v) is 6.24. The molecule has 0 saturated carbocycles. The van der Waals surface area contributed by atoms with Crippen molar-refractivity contribution in [2.75, 3.05) is 14.2 Å². The van der Waals surface area contributed by atoms with Crippen LogP contribution in [-0.2, 0) is 9.53 Å². The number of thioether (sulfide) groups is 1. The predicted octanol–water partition coefficient (Wildman–Crippen LogP) is 3.44. The topological polar surface area (TPSA) is 78.6 Å². The van der Waals surface area contributed by atoms with E-state index in [-0.39, 0.29) is 17.6 Å². The number of hydrogen-bond donors (Lipinski definition) is 1. The van der Waals surface area contributed by atoms with E-state index < -0.39 is 5.91 Å². The van der Waals surface area contributed by atoms with Crippen LogP contribution < -0.4 is 10.5 Å². The number of fused-ring (bicyclic) bond motifs is 1. The monoisotopic (exact) mass is 353 g/mol. The molecule has 0 fully saturated rings. The second-order valence-electron chi connectivity index (χ2n) is 4.92. The Balaban J connectivity index is 2.45. The van der Waals surface area contributed by atoms with Crippen LogP contribution in [0.5, 0.6) is 5.75 Å². The van der Waals surface area contributed by atoms with Gasteiger partial charge in [-0.3, -0.25) is 9.59 Å². The first-order valence-electron chi connectivity index (χ1n) is 7.13. The van der Waals surface area contributed by atoms with E-state index in [9.17, 15) is 9.59 Å². The van der Waals surface area contributed by atoms with E-state index in [1.165, 1.54) is 30.2 Å². The average Bonchev–Trinajstić information content (AvgIpc) is 2.91. The molecule has 7 heteroatoms. The number of esters is 1. The third kappa shape index (κ3) is 3.97. The summed E-state index contributed by atoms with van der Waals surface area (Å²) >= 11 is 2.86. The van der Waals surface area contributed by atoms with Crippen molar-refractivity contribution >= 4 is 45.1 Å². The van der Waals surface area contributed by atoms with Gasteiger partial charge in [0.25, 0.3) is 5.91 Å². The first-order valence-corrected chi connectivity index (χ1v) is 8.83. The lowest BCUT2D eigenvalue weighted by Gasteiger charge is -2.13. The van der Waals surface area contributed by atoms with Crippen molar-refractivity contribution < 1.29 is 19.1 Å². The number of ether oxygens (including phenoxy) is 2. The zero-order valence-electron chi connectivity index (χ0n) is 13.3. The summed E-state index contributed by atoms with van der Waals surface area (Å²) in [5, 5.41) is 0.945. The molecule has 2 rings (SSSR count). The summed E-state index contributed by atoms with van der Waals surface area (Å²) in [5.41, 5.74) is 5.53. The summed E-state index contributed by atoms with van der Waals surface area (Å²) in [6.07, 6.45) is 1.07. The Kier molecular flexibility index (Phi) is 5.90. The molecule has 1 aromatic heterocycles. The average molecular weight is 353 g/mol.